The topological polar surface area (TPSA) is 32.3 Å². The van der Waals surface area contributed by atoms with Gasteiger partial charge in [0.1, 0.15) is 0 Å². The number of alkyl halides is 3. The van der Waals surface area contributed by atoms with Crippen LogP contribution in [0.4, 0.5) is 13.2 Å². The van der Waals surface area contributed by atoms with Crippen LogP contribution in [0.15, 0.2) is 0 Å². The van der Waals surface area contributed by atoms with Gasteiger partial charge in [0, 0.05) is 12.0 Å². The van der Waals surface area contributed by atoms with E-state index in [1.54, 1.807) is 6.92 Å². The normalized spacial score (nSPS) is 16.9. The van der Waals surface area contributed by atoms with Crippen LogP contribution >= 0.6 is 0 Å². The molecule has 5 heteroatoms. The second kappa shape index (κ2) is 6.05. The Bertz CT molecular complexity index is 197. The molecule has 1 atom stereocenters. The van der Waals surface area contributed by atoms with E-state index in [0.29, 0.717) is 13.0 Å². The summed E-state index contributed by atoms with van der Waals surface area (Å²) in [6, 6.07) is 0. The van der Waals surface area contributed by atoms with Gasteiger partial charge in [-0.1, -0.05) is 0 Å². The predicted molar refractivity (Wildman–Crippen MR) is 62.9 cm³/mol. The van der Waals surface area contributed by atoms with Crippen LogP contribution in [-0.2, 0) is 0 Å². The zero-order valence-corrected chi connectivity index (χ0v) is 11.1. The number of hydrogen-bond donors (Lipinski definition) is 2. The van der Waals surface area contributed by atoms with Crippen molar-refractivity contribution in [2.24, 2.45) is 0 Å². The number of halogens is 3. The lowest BCUT2D eigenvalue weighted by Crippen LogP contribution is -2.39. The number of aliphatic hydroxyl groups is 1. The summed E-state index contributed by atoms with van der Waals surface area (Å²) >= 11 is 0. The molecule has 0 radical (unpaired) electrons. The monoisotopic (exact) mass is 255 g/mol. The molecule has 2 N–H and O–H groups in total. The SMILES string of the molecule is CC(O)(CCCC(F)(F)F)CCNC(C)(C)C. The fourth-order valence-corrected chi connectivity index (χ4v) is 1.50. The predicted octanol–water partition coefficient (Wildman–Crippen LogP) is 3.25. The number of nitrogens with one attached hydrogen (secondary N) is 1. The highest BCUT2D eigenvalue weighted by Crippen LogP contribution is 2.26. The van der Waals surface area contributed by atoms with Gasteiger partial charge in [0.2, 0.25) is 0 Å². The molecule has 0 amide bonds. The lowest BCUT2D eigenvalue weighted by molar-refractivity contribution is -0.137. The van der Waals surface area contributed by atoms with Crippen molar-refractivity contribution < 1.29 is 18.3 Å². The fraction of sp³-hybridized carbons (Fsp3) is 1.00. The molecule has 0 spiro atoms. The molecule has 2 nitrogen and oxygen atoms in total. The molecule has 0 saturated carbocycles. The van der Waals surface area contributed by atoms with Gasteiger partial charge in [-0.05, 0) is 53.5 Å². The van der Waals surface area contributed by atoms with Crippen LogP contribution in [0.5, 0.6) is 0 Å². The molecule has 0 aliphatic heterocycles. The first-order valence-corrected chi connectivity index (χ1v) is 5.95. The minimum Gasteiger partial charge on any atom is -0.390 e. The lowest BCUT2D eigenvalue weighted by Gasteiger charge is -2.27. The van der Waals surface area contributed by atoms with Crippen molar-refractivity contribution in [1.82, 2.24) is 5.32 Å². The van der Waals surface area contributed by atoms with Gasteiger partial charge in [-0.3, -0.25) is 0 Å². The summed E-state index contributed by atoms with van der Waals surface area (Å²) in [7, 11) is 0. The Morgan fingerprint density at radius 3 is 1.88 bits per heavy atom. The summed E-state index contributed by atoms with van der Waals surface area (Å²) in [5.74, 6) is 0. The maximum atomic E-state index is 11.9. The van der Waals surface area contributed by atoms with Gasteiger partial charge in [0.25, 0.3) is 0 Å². The number of rotatable bonds is 6. The van der Waals surface area contributed by atoms with Crippen molar-refractivity contribution >= 4 is 0 Å². The van der Waals surface area contributed by atoms with Gasteiger partial charge in [-0.2, -0.15) is 13.2 Å². The molecule has 0 heterocycles. The van der Waals surface area contributed by atoms with Crippen LogP contribution in [0.25, 0.3) is 0 Å². The van der Waals surface area contributed by atoms with Gasteiger partial charge in [-0.25, -0.2) is 0 Å². The summed E-state index contributed by atoms with van der Waals surface area (Å²) in [6.45, 7) is 8.21. The number of hydrogen-bond acceptors (Lipinski definition) is 2. The third kappa shape index (κ3) is 12.0. The van der Waals surface area contributed by atoms with Crippen molar-refractivity contribution in [2.45, 2.75) is 70.7 Å². The summed E-state index contributed by atoms with van der Waals surface area (Å²) in [6.07, 6.45) is -4.33. The highest BCUT2D eigenvalue weighted by Gasteiger charge is 2.29. The maximum Gasteiger partial charge on any atom is 0.389 e. The molecule has 0 fully saturated rings. The van der Waals surface area contributed by atoms with E-state index in [0.717, 1.165) is 0 Å². The van der Waals surface area contributed by atoms with Crippen molar-refractivity contribution in [3.05, 3.63) is 0 Å². The van der Waals surface area contributed by atoms with Crippen LogP contribution in [0.3, 0.4) is 0 Å². The largest absolute Gasteiger partial charge is 0.390 e. The molecule has 0 aliphatic rings. The van der Waals surface area contributed by atoms with Gasteiger partial charge >= 0.3 is 6.18 Å². The van der Waals surface area contributed by atoms with E-state index in [9.17, 15) is 18.3 Å². The second-order valence-corrected chi connectivity index (χ2v) is 5.89. The molecule has 0 saturated heterocycles. The molecule has 0 aromatic carbocycles. The zero-order valence-electron chi connectivity index (χ0n) is 11.1. The smallest absolute Gasteiger partial charge is 0.389 e. The van der Waals surface area contributed by atoms with Gasteiger partial charge < -0.3 is 10.4 Å². The molecule has 0 aliphatic carbocycles. The van der Waals surface area contributed by atoms with Gasteiger partial charge in [-0.15, -0.1) is 0 Å². The molecular formula is C12H24F3NO. The molecular weight excluding hydrogens is 231 g/mol. The summed E-state index contributed by atoms with van der Waals surface area (Å²) < 4.78 is 35.8. The van der Waals surface area contributed by atoms with E-state index < -0.39 is 18.2 Å². The first kappa shape index (κ1) is 16.7. The summed E-state index contributed by atoms with van der Waals surface area (Å²) in [5, 5.41) is 13.1. The van der Waals surface area contributed by atoms with Crippen molar-refractivity contribution in [1.29, 1.82) is 0 Å². The van der Waals surface area contributed by atoms with E-state index >= 15 is 0 Å². The van der Waals surface area contributed by atoms with Gasteiger partial charge in [0.05, 0.1) is 5.60 Å². The van der Waals surface area contributed by atoms with E-state index in [4.69, 9.17) is 0 Å². The van der Waals surface area contributed by atoms with Crippen LogP contribution < -0.4 is 5.32 Å². The molecule has 1 unspecified atom stereocenters. The quantitative estimate of drug-likeness (QED) is 0.763. The second-order valence-electron chi connectivity index (χ2n) is 5.89. The molecule has 104 valence electrons. The first-order valence-electron chi connectivity index (χ1n) is 5.95. The van der Waals surface area contributed by atoms with Crippen LogP contribution in [0.2, 0.25) is 0 Å². The first-order chi connectivity index (χ1) is 7.41. The highest BCUT2D eigenvalue weighted by atomic mass is 19.4. The van der Waals surface area contributed by atoms with Crippen molar-refractivity contribution in [3.63, 3.8) is 0 Å². The van der Waals surface area contributed by atoms with E-state index in [-0.39, 0.29) is 18.4 Å². The Morgan fingerprint density at radius 1 is 0.941 bits per heavy atom. The minimum atomic E-state index is -4.13. The average molecular weight is 255 g/mol. The Balaban J connectivity index is 3.81. The molecule has 0 bridgehead atoms. The Labute approximate surface area is 102 Å². The third-order valence-corrected chi connectivity index (χ3v) is 2.49. The van der Waals surface area contributed by atoms with Crippen LogP contribution in [0, 0.1) is 0 Å². The highest BCUT2D eigenvalue weighted by molar-refractivity contribution is 4.77. The maximum absolute atomic E-state index is 11.9. The van der Waals surface area contributed by atoms with E-state index in [2.05, 4.69) is 5.32 Å². The minimum absolute atomic E-state index is 0.0218. The molecule has 0 aromatic heterocycles. The lowest BCUT2D eigenvalue weighted by atomic mass is 9.94. The summed E-state index contributed by atoms with van der Waals surface area (Å²) in [5.41, 5.74) is -1.06. The molecule has 17 heavy (non-hydrogen) atoms. The van der Waals surface area contributed by atoms with Crippen molar-refractivity contribution in [2.75, 3.05) is 6.54 Å². The molecule has 0 aromatic rings. The van der Waals surface area contributed by atoms with E-state index in [1.165, 1.54) is 0 Å². The van der Waals surface area contributed by atoms with E-state index in [1.807, 2.05) is 20.8 Å². The van der Waals surface area contributed by atoms with Gasteiger partial charge in [0.15, 0.2) is 0 Å². The zero-order chi connectivity index (χ0) is 13.7. The van der Waals surface area contributed by atoms with Crippen LogP contribution in [0.1, 0.15) is 53.4 Å². The van der Waals surface area contributed by atoms with Crippen LogP contribution in [-0.4, -0.2) is 29.0 Å². The standard InChI is InChI=1S/C12H24F3NO/c1-10(2,3)16-9-8-11(4,17)6-5-7-12(13,14)15/h16-17H,5-9H2,1-4H3. The average Bonchev–Trinajstić information content (AvgIpc) is 1.96. The summed E-state index contributed by atoms with van der Waals surface area (Å²) in [4.78, 5) is 0. The molecule has 0 rings (SSSR count). The van der Waals surface area contributed by atoms with Crippen molar-refractivity contribution in [3.8, 4) is 0 Å². The Morgan fingerprint density at radius 2 is 1.47 bits per heavy atom. The fourth-order valence-electron chi connectivity index (χ4n) is 1.50. The third-order valence-electron chi connectivity index (χ3n) is 2.49. The Kier molecular flexibility index (Phi) is 5.94. The Hall–Kier alpha value is -0.290.